The Balaban J connectivity index is -0.00000147. The molecule has 0 aliphatic heterocycles. The van der Waals surface area contributed by atoms with Gasteiger partial charge in [-0.2, -0.15) is 0 Å². The van der Waals surface area contributed by atoms with E-state index < -0.39 is 0 Å². The lowest BCUT2D eigenvalue weighted by molar-refractivity contribution is -0.122. The van der Waals surface area contributed by atoms with E-state index in [2.05, 4.69) is 53.9 Å². The normalized spacial score (nSPS) is 11.0. The Hall–Kier alpha value is -1.71. The first kappa shape index (κ1) is 71.5. The minimum Gasteiger partial charge on any atom is -0.385 e. The van der Waals surface area contributed by atoms with Gasteiger partial charge in [0.2, 0.25) is 17.7 Å². The smallest absolute Gasteiger partial charge is 0.221 e. The van der Waals surface area contributed by atoms with Crippen molar-refractivity contribution in [3.8, 4) is 0 Å². The molecule has 9 heteroatoms. The summed E-state index contributed by atoms with van der Waals surface area (Å²) in [5.41, 5.74) is 0. The van der Waals surface area contributed by atoms with E-state index in [1.54, 1.807) is 7.11 Å². The second-order valence-corrected chi connectivity index (χ2v) is 20.3. The summed E-state index contributed by atoms with van der Waals surface area (Å²) in [5, 5.41) is 12.5. The first-order chi connectivity index (χ1) is 33.4. The molecule has 0 spiro atoms. The second kappa shape index (κ2) is 64.3. The zero-order valence-corrected chi connectivity index (χ0v) is 46.6. The third kappa shape index (κ3) is 64.3. The number of rotatable bonds is 55. The summed E-state index contributed by atoms with van der Waals surface area (Å²) >= 11 is 0. The van der Waals surface area contributed by atoms with Crippen molar-refractivity contribution in [2.45, 2.75) is 305 Å². The van der Waals surface area contributed by atoms with Crippen molar-refractivity contribution in [2.24, 2.45) is 0 Å². The van der Waals surface area contributed by atoms with Gasteiger partial charge in [0, 0.05) is 78.8 Å². The van der Waals surface area contributed by atoms with Crippen LogP contribution in [0.3, 0.4) is 0 Å². The quantitative estimate of drug-likeness (QED) is 0.0452. The third-order valence-corrected chi connectivity index (χ3v) is 13.4. The molecule has 0 aliphatic rings. The molecule has 0 fully saturated rings. The largest absolute Gasteiger partial charge is 0.385 e. The Bertz CT molecular complexity index is 955. The third-order valence-electron chi connectivity index (χ3n) is 13.4. The average molecular weight is 981 g/mol. The van der Waals surface area contributed by atoms with Gasteiger partial charge in [0.05, 0.1) is 0 Å². The van der Waals surface area contributed by atoms with Crippen LogP contribution in [0.1, 0.15) is 305 Å². The summed E-state index contributed by atoms with van der Waals surface area (Å²) in [6, 6.07) is 0. The standard InChI is InChI=1S/C38H77N3O3.C21H44N2O.CH4/c1-4-6-8-10-12-14-16-18-20-22-24-26-31-39-37(42)29-34-41(33-28-36-44-3)35-30-38(43)40-32-27-25-23-21-19-17-15-13-11-9-7-5-2;1-3-5-7-8-9-10-11-12-13-14-15-16-19-23-21(24)17-20-22-18-6-4-2;/h4-36H2,1-3H3,(H,39,42)(H,40,43);22H,3-20H2,1-2H3,(H,23,24);1H4. The van der Waals surface area contributed by atoms with Gasteiger partial charge in [-0.3, -0.25) is 14.4 Å². The number of hydrogen-bond donors (Lipinski definition) is 4. The zero-order valence-electron chi connectivity index (χ0n) is 46.6. The molecule has 0 aromatic heterocycles. The highest BCUT2D eigenvalue weighted by Crippen LogP contribution is 2.14. The summed E-state index contributed by atoms with van der Waals surface area (Å²) < 4.78 is 5.22. The number of ether oxygens (including phenoxy) is 1. The summed E-state index contributed by atoms with van der Waals surface area (Å²) in [6.07, 6.45) is 53.2. The van der Waals surface area contributed by atoms with Gasteiger partial charge >= 0.3 is 0 Å². The van der Waals surface area contributed by atoms with Crippen molar-refractivity contribution in [3.63, 3.8) is 0 Å². The molecule has 0 heterocycles. The molecule has 0 unspecified atom stereocenters. The number of nitrogens with one attached hydrogen (secondary N) is 4. The molecule has 0 bridgehead atoms. The highest BCUT2D eigenvalue weighted by molar-refractivity contribution is 5.77. The fourth-order valence-corrected chi connectivity index (χ4v) is 8.76. The molecule has 414 valence electrons. The van der Waals surface area contributed by atoms with E-state index in [0.717, 1.165) is 65.0 Å². The van der Waals surface area contributed by atoms with Gasteiger partial charge in [0.25, 0.3) is 0 Å². The van der Waals surface area contributed by atoms with Crippen molar-refractivity contribution in [2.75, 3.05) is 66.1 Å². The van der Waals surface area contributed by atoms with Crippen LogP contribution >= 0.6 is 0 Å². The van der Waals surface area contributed by atoms with E-state index in [-0.39, 0.29) is 25.1 Å². The molecule has 9 nitrogen and oxygen atoms in total. The van der Waals surface area contributed by atoms with E-state index in [4.69, 9.17) is 4.74 Å². The number of hydrogen-bond acceptors (Lipinski definition) is 6. The topological polar surface area (TPSA) is 112 Å². The molecule has 0 aromatic rings. The van der Waals surface area contributed by atoms with Crippen molar-refractivity contribution in [1.29, 1.82) is 0 Å². The van der Waals surface area contributed by atoms with Gasteiger partial charge in [-0.25, -0.2) is 0 Å². The van der Waals surface area contributed by atoms with Crippen LogP contribution in [0.2, 0.25) is 0 Å². The second-order valence-electron chi connectivity index (χ2n) is 20.3. The highest BCUT2D eigenvalue weighted by atomic mass is 16.5. The van der Waals surface area contributed by atoms with Gasteiger partial charge in [-0.1, -0.05) is 253 Å². The van der Waals surface area contributed by atoms with Crippen molar-refractivity contribution >= 4 is 17.7 Å². The van der Waals surface area contributed by atoms with Crippen molar-refractivity contribution < 1.29 is 19.1 Å². The number of unbranched alkanes of at least 4 members (excludes halogenated alkanes) is 34. The predicted molar refractivity (Wildman–Crippen MR) is 304 cm³/mol. The first-order valence-corrected chi connectivity index (χ1v) is 30.2. The number of nitrogens with zero attached hydrogens (tertiary/aromatic N) is 1. The number of amides is 3. The van der Waals surface area contributed by atoms with Crippen LogP contribution < -0.4 is 21.3 Å². The van der Waals surface area contributed by atoms with Crippen LogP contribution in [-0.4, -0.2) is 88.7 Å². The molecule has 0 rings (SSSR count). The molecule has 0 saturated heterocycles. The summed E-state index contributed by atoms with van der Waals surface area (Å²) in [6.45, 7) is 16.2. The Morgan fingerprint density at radius 3 is 0.884 bits per heavy atom. The van der Waals surface area contributed by atoms with E-state index in [9.17, 15) is 14.4 Å². The Labute approximate surface area is 432 Å². The molecule has 0 aliphatic carbocycles. The van der Waals surface area contributed by atoms with Crippen LogP contribution in [0.15, 0.2) is 0 Å². The van der Waals surface area contributed by atoms with Gasteiger partial charge in [-0.05, 0) is 38.6 Å². The van der Waals surface area contributed by atoms with Crippen LogP contribution in [0.25, 0.3) is 0 Å². The van der Waals surface area contributed by atoms with Crippen LogP contribution in [-0.2, 0) is 19.1 Å². The first-order valence-electron chi connectivity index (χ1n) is 30.2. The summed E-state index contributed by atoms with van der Waals surface area (Å²) in [4.78, 5) is 38.7. The average Bonchev–Trinajstić information content (AvgIpc) is 3.34. The van der Waals surface area contributed by atoms with E-state index >= 15 is 0 Å². The molecule has 3 amide bonds. The Morgan fingerprint density at radius 2 is 0.594 bits per heavy atom. The van der Waals surface area contributed by atoms with E-state index in [1.807, 2.05) is 0 Å². The zero-order chi connectivity index (χ0) is 49.9. The number of carbonyl (C=O) groups is 3. The molecule has 4 N–H and O–H groups in total. The summed E-state index contributed by atoms with van der Waals surface area (Å²) in [7, 11) is 1.72. The maximum absolute atomic E-state index is 12.4. The molecule has 0 radical (unpaired) electrons. The number of methoxy groups -OCH3 is 1. The van der Waals surface area contributed by atoms with E-state index in [0.29, 0.717) is 39.0 Å². The molecule has 0 aromatic carbocycles. The van der Waals surface area contributed by atoms with Gasteiger partial charge in [0.15, 0.2) is 0 Å². The molecule has 0 atom stereocenters. The SMILES string of the molecule is C.CCCCCCCCCCCCCCNC(=O)CCN(CCCOC)CCC(=O)NCCCCCCCCCCCCCC.CCCCCCCCCCCCCCNC(=O)CCNCCCC. The predicted octanol–water partition coefficient (Wildman–Crippen LogP) is 16.0. The lowest BCUT2D eigenvalue weighted by Gasteiger charge is -2.21. The lowest BCUT2D eigenvalue weighted by Crippen LogP contribution is -2.35. The van der Waals surface area contributed by atoms with Crippen molar-refractivity contribution in [3.05, 3.63) is 0 Å². The van der Waals surface area contributed by atoms with Gasteiger partial charge in [0.1, 0.15) is 0 Å². The van der Waals surface area contributed by atoms with Crippen LogP contribution in [0.5, 0.6) is 0 Å². The van der Waals surface area contributed by atoms with E-state index in [1.165, 1.54) is 225 Å². The Morgan fingerprint density at radius 1 is 0.319 bits per heavy atom. The minimum absolute atomic E-state index is 0. The minimum atomic E-state index is 0. The van der Waals surface area contributed by atoms with Crippen LogP contribution in [0.4, 0.5) is 0 Å². The summed E-state index contributed by atoms with van der Waals surface area (Å²) in [5.74, 6) is 0.449. The van der Waals surface area contributed by atoms with Crippen molar-refractivity contribution in [1.82, 2.24) is 26.2 Å². The molecule has 69 heavy (non-hydrogen) atoms. The Kier molecular flexibility index (Phi) is 66.7. The highest BCUT2D eigenvalue weighted by Gasteiger charge is 2.11. The van der Waals surface area contributed by atoms with Gasteiger partial charge < -0.3 is 30.9 Å². The maximum atomic E-state index is 12.4. The molecular weight excluding hydrogens is 855 g/mol. The monoisotopic (exact) mass is 980 g/mol. The van der Waals surface area contributed by atoms with Gasteiger partial charge in [-0.15, -0.1) is 0 Å². The molecular formula is C60H125N5O4. The molecule has 0 saturated carbocycles. The maximum Gasteiger partial charge on any atom is 0.221 e. The lowest BCUT2D eigenvalue weighted by atomic mass is 10.1. The number of carbonyl (C=O) groups excluding carboxylic acids is 3. The fourth-order valence-electron chi connectivity index (χ4n) is 8.76. The fraction of sp³-hybridized carbons (Fsp3) is 0.950. The van der Waals surface area contributed by atoms with Crippen LogP contribution in [0, 0.1) is 0 Å².